The fourth-order valence-electron chi connectivity index (χ4n) is 2.64. The van der Waals surface area contributed by atoms with Gasteiger partial charge in [0, 0.05) is 13.1 Å². The number of rotatable bonds is 7. The van der Waals surface area contributed by atoms with E-state index in [1.54, 1.807) is 23.1 Å². The summed E-state index contributed by atoms with van der Waals surface area (Å²) in [7, 11) is 1.27. The lowest BCUT2D eigenvalue weighted by atomic mass is 10.1. The van der Waals surface area contributed by atoms with E-state index in [2.05, 4.69) is 15.4 Å². The number of piperazine rings is 1. The van der Waals surface area contributed by atoms with Crippen molar-refractivity contribution in [2.75, 3.05) is 38.7 Å². The van der Waals surface area contributed by atoms with Crippen LogP contribution in [0.3, 0.4) is 0 Å². The molecule has 8 nitrogen and oxygen atoms in total. The maximum atomic E-state index is 12.4. The smallest absolute Gasteiger partial charge is 0.307 e. The molecule has 0 radical (unpaired) electrons. The number of carbonyl (C=O) groups excluding carboxylic acids is 3. The molecule has 1 saturated heterocycles. The van der Waals surface area contributed by atoms with E-state index in [1.165, 1.54) is 7.11 Å². The van der Waals surface area contributed by atoms with Gasteiger partial charge in [0.1, 0.15) is 11.8 Å². The number of hydrogen-bond donors (Lipinski definition) is 2. The fourth-order valence-corrected chi connectivity index (χ4v) is 2.64. The third-order valence-electron chi connectivity index (χ3n) is 3.84. The van der Waals surface area contributed by atoms with E-state index in [0.29, 0.717) is 31.1 Å². The summed E-state index contributed by atoms with van der Waals surface area (Å²) >= 11 is 0. The highest BCUT2D eigenvalue weighted by Crippen LogP contribution is 2.23. The fraction of sp³-hybridized carbons (Fsp3) is 0.471. The van der Waals surface area contributed by atoms with Crippen molar-refractivity contribution in [3.8, 4) is 5.75 Å². The van der Waals surface area contributed by atoms with E-state index in [0.717, 1.165) is 0 Å². The quantitative estimate of drug-likeness (QED) is 0.691. The molecule has 0 aromatic heterocycles. The van der Waals surface area contributed by atoms with Crippen LogP contribution in [0.1, 0.15) is 13.3 Å². The molecule has 1 unspecified atom stereocenters. The summed E-state index contributed by atoms with van der Waals surface area (Å²) in [6, 6.07) is 6.42. The third-order valence-corrected chi connectivity index (χ3v) is 3.84. The van der Waals surface area contributed by atoms with E-state index in [9.17, 15) is 14.4 Å². The zero-order valence-electron chi connectivity index (χ0n) is 14.4. The van der Waals surface area contributed by atoms with Crippen LogP contribution in [0.4, 0.5) is 5.69 Å². The highest BCUT2D eigenvalue weighted by molar-refractivity contribution is 5.94. The van der Waals surface area contributed by atoms with Crippen LogP contribution in [0.15, 0.2) is 24.3 Å². The molecule has 2 rings (SSSR count). The highest BCUT2D eigenvalue weighted by atomic mass is 16.5. The molecule has 2 amide bonds. The summed E-state index contributed by atoms with van der Waals surface area (Å²) in [5.74, 6) is -0.467. The van der Waals surface area contributed by atoms with Crippen molar-refractivity contribution in [1.29, 1.82) is 0 Å². The molecule has 25 heavy (non-hydrogen) atoms. The van der Waals surface area contributed by atoms with Crippen LogP contribution in [0.25, 0.3) is 0 Å². The summed E-state index contributed by atoms with van der Waals surface area (Å²) in [5.41, 5.74) is 0.570. The second kappa shape index (κ2) is 9.03. The summed E-state index contributed by atoms with van der Waals surface area (Å²) in [6.45, 7) is 3.26. The van der Waals surface area contributed by atoms with Crippen molar-refractivity contribution >= 4 is 23.5 Å². The lowest BCUT2D eigenvalue weighted by Gasteiger charge is -2.33. The monoisotopic (exact) mass is 349 g/mol. The Balaban J connectivity index is 2.02. The molecule has 8 heteroatoms. The Bertz CT molecular complexity index is 634. The minimum Gasteiger partial charge on any atom is -0.492 e. The SMILES string of the molecule is CCOc1ccccc1NC(=O)CN1CCNC(=O)C1CC(=O)OC. The van der Waals surface area contributed by atoms with Gasteiger partial charge in [-0.1, -0.05) is 12.1 Å². The lowest BCUT2D eigenvalue weighted by Crippen LogP contribution is -2.57. The van der Waals surface area contributed by atoms with Crippen LogP contribution >= 0.6 is 0 Å². The van der Waals surface area contributed by atoms with Gasteiger partial charge in [0.15, 0.2) is 0 Å². The standard InChI is InChI=1S/C17H23N3O5/c1-3-25-14-7-5-4-6-12(14)19-15(21)11-20-9-8-18-17(23)13(20)10-16(22)24-2/h4-7,13H,3,8-11H2,1-2H3,(H,18,23)(H,19,21). The first-order valence-electron chi connectivity index (χ1n) is 8.15. The molecule has 1 heterocycles. The average Bonchev–Trinajstić information content (AvgIpc) is 2.59. The molecule has 0 bridgehead atoms. The van der Waals surface area contributed by atoms with Gasteiger partial charge < -0.3 is 20.1 Å². The summed E-state index contributed by atoms with van der Waals surface area (Å²) in [6.07, 6.45) is -0.0921. The number of para-hydroxylation sites is 2. The van der Waals surface area contributed by atoms with E-state index >= 15 is 0 Å². The zero-order chi connectivity index (χ0) is 18.2. The number of amides is 2. The maximum Gasteiger partial charge on any atom is 0.307 e. The van der Waals surface area contributed by atoms with Gasteiger partial charge in [-0.25, -0.2) is 0 Å². The van der Waals surface area contributed by atoms with Gasteiger partial charge in [-0.15, -0.1) is 0 Å². The molecule has 0 saturated carbocycles. The predicted octanol–water partition coefficient (Wildman–Crippen LogP) is 0.387. The molecule has 0 aliphatic carbocycles. The number of anilines is 1. The Morgan fingerprint density at radius 1 is 1.36 bits per heavy atom. The Kier molecular flexibility index (Phi) is 6.76. The Labute approximate surface area is 146 Å². The predicted molar refractivity (Wildman–Crippen MR) is 91.2 cm³/mol. The summed E-state index contributed by atoms with van der Waals surface area (Å²) in [4.78, 5) is 37.6. The number of hydrogen-bond acceptors (Lipinski definition) is 6. The van der Waals surface area contributed by atoms with Crippen LogP contribution in [0.2, 0.25) is 0 Å². The van der Waals surface area contributed by atoms with Gasteiger partial charge >= 0.3 is 5.97 Å². The molecule has 2 N–H and O–H groups in total. The van der Waals surface area contributed by atoms with Crippen molar-refractivity contribution < 1.29 is 23.9 Å². The first-order valence-corrected chi connectivity index (χ1v) is 8.15. The van der Waals surface area contributed by atoms with Crippen molar-refractivity contribution in [3.63, 3.8) is 0 Å². The molecule has 136 valence electrons. The Morgan fingerprint density at radius 3 is 2.84 bits per heavy atom. The summed E-state index contributed by atoms with van der Waals surface area (Å²) < 4.78 is 10.1. The maximum absolute atomic E-state index is 12.4. The van der Waals surface area contributed by atoms with E-state index in [1.807, 2.05) is 13.0 Å². The largest absolute Gasteiger partial charge is 0.492 e. The van der Waals surface area contributed by atoms with Crippen molar-refractivity contribution in [2.45, 2.75) is 19.4 Å². The number of nitrogens with zero attached hydrogens (tertiary/aromatic N) is 1. The van der Waals surface area contributed by atoms with Crippen LogP contribution in [-0.4, -0.2) is 62.1 Å². The van der Waals surface area contributed by atoms with Crippen LogP contribution in [0.5, 0.6) is 5.75 Å². The molecule has 1 aliphatic rings. The van der Waals surface area contributed by atoms with Gasteiger partial charge in [-0.05, 0) is 19.1 Å². The van der Waals surface area contributed by atoms with Gasteiger partial charge in [0.25, 0.3) is 0 Å². The molecule has 1 aromatic carbocycles. The normalized spacial score (nSPS) is 17.5. The molecule has 1 aromatic rings. The lowest BCUT2D eigenvalue weighted by molar-refractivity contribution is -0.146. The first kappa shape index (κ1) is 18.7. The Morgan fingerprint density at radius 2 is 2.12 bits per heavy atom. The number of nitrogens with one attached hydrogen (secondary N) is 2. The number of ether oxygens (including phenoxy) is 2. The Hall–Kier alpha value is -2.61. The second-order valence-electron chi connectivity index (χ2n) is 5.53. The van der Waals surface area contributed by atoms with Gasteiger partial charge in [0.2, 0.25) is 11.8 Å². The van der Waals surface area contributed by atoms with E-state index < -0.39 is 12.0 Å². The number of benzene rings is 1. The van der Waals surface area contributed by atoms with Crippen LogP contribution in [-0.2, 0) is 19.1 Å². The highest BCUT2D eigenvalue weighted by Gasteiger charge is 2.33. The minimum absolute atomic E-state index is 0.00442. The average molecular weight is 349 g/mol. The van der Waals surface area contributed by atoms with Crippen LogP contribution < -0.4 is 15.4 Å². The van der Waals surface area contributed by atoms with Gasteiger partial charge in [-0.3, -0.25) is 19.3 Å². The number of esters is 1. The van der Waals surface area contributed by atoms with Crippen molar-refractivity contribution in [1.82, 2.24) is 10.2 Å². The second-order valence-corrected chi connectivity index (χ2v) is 5.53. The van der Waals surface area contributed by atoms with Crippen molar-refractivity contribution in [3.05, 3.63) is 24.3 Å². The number of carbonyl (C=O) groups is 3. The molecule has 0 spiro atoms. The first-order chi connectivity index (χ1) is 12.0. The van der Waals surface area contributed by atoms with E-state index in [-0.39, 0.29) is 24.8 Å². The molecule has 1 atom stereocenters. The van der Waals surface area contributed by atoms with E-state index in [4.69, 9.17) is 4.74 Å². The minimum atomic E-state index is -0.714. The number of methoxy groups -OCH3 is 1. The van der Waals surface area contributed by atoms with Gasteiger partial charge in [0.05, 0.1) is 32.4 Å². The zero-order valence-corrected chi connectivity index (χ0v) is 14.4. The van der Waals surface area contributed by atoms with Crippen LogP contribution in [0, 0.1) is 0 Å². The molecular weight excluding hydrogens is 326 g/mol. The third kappa shape index (κ3) is 5.18. The molecule has 1 aliphatic heterocycles. The molecular formula is C17H23N3O5. The summed E-state index contributed by atoms with van der Waals surface area (Å²) in [5, 5.41) is 5.49. The van der Waals surface area contributed by atoms with Crippen molar-refractivity contribution in [2.24, 2.45) is 0 Å². The van der Waals surface area contributed by atoms with Gasteiger partial charge in [-0.2, -0.15) is 0 Å². The topological polar surface area (TPSA) is 97.0 Å². The molecule has 1 fully saturated rings.